The average Bonchev–Trinajstić information content (AvgIpc) is 3.18. The minimum absolute atomic E-state index is 0.108. The molecule has 2 aliphatic rings. The lowest BCUT2D eigenvalue weighted by atomic mass is 9.75. The SMILES string of the molecule is C=C1OC(Cn2cnc3nc(O)n(C)c3c2=O)=NN1C1CC(c2ccc(Cl)cc2)C1. The average molecular weight is 427 g/mol. The highest BCUT2D eigenvalue weighted by atomic mass is 35.5. The van der Waals surface area contributed by atoms with Crippen LogP contribution in [0, 0.1) is 0 Å². The Labute approximate surface area is 176 Å². The third-order valence-corrected chi connectivity index (χ3v) is 5.90. The lowest BCUT2D eigenvalue weighted by Gasteiger charge is -2.39. The molecular weight excluding hydrogens is 408 g/mol. The number of hydrogen-bond acceptors (Lipinski definition) is 7. The van der Waals surface area contributed by atoms with Crippen molar-refractivity contribution in [2.75, 3.05) is 0 Å². The highest BCUT2D eigenvalue weighted by molar-refractivity contribution is 6.30. The Morgan fingerprint density at radius 2 is 2.03 bits per heavy atom. The second-order valence-corrected chi connectivity index (χ2v) is 7.96. The minimum atomic E-state index is -0.336. The molecule has 154 valence electrons. The monoisotopic (exact) mass is 426 g/mol. The van der Waals surface area contributed by atoms with E-state index in [4.69, 9.17) is 16.3 Å². The zero-order valence-corrected chi connectivity index (χ0v) is 17.0. The third kappa shape index (κ3) is 3.02. The zero-order chi connectivity index (χ0) is 21.0. The van der Waals surface area contributed by atoms with Crippen LogP contribution in [0.5, 0.6) is 6.01 Å². The largest absolute Gasteiger partial charge is 0.480 e. The second-order valence-electron chi connectivity index (χ2n) is 7.53. The van der Waals surface area contributed by atoms with Crippen molar-refractivity contribution in [3.63, 3.8) is 0 Å². The number of rotatable bonds is 4. The Balaban J connectivity index is 1.31. The van der Waals surface area contributed by atoms with E-state index in [1.165, 1.54) is 21.0 Å². The number of imidazole rings is 1. The topological polar surface area (TPSA) is 97.8 Å². The molecule has 1 fully saturated rings. The molecule has 9 nitrogen and oxygen atoms in total. The number of aromatic nitrogens is 4. The Morgan fingerprint density at radius 3 is 2.77 bits per heavy atom. The van der Waals surface area contributed by atoms with Crippen LogP contribution in [-0.4, -0.2) is 41.2 Å². The summed E-state index contributed by atoms with van der Waals surface area (Å²) >= 11 is 5.96. The molecule has 0 amide bonds. The first-order valence-corrected chi connectivity index (χ1v) is 9.88. The third-order valence-electron chi connectivity index (χ3n) is 5.65. The number of hydrogen-bond donors (Lipinski definition) is 1. The molecule has 0 atom stereocenters. The van der Waals surface area contributed by atoms with Gasteiger partial charge in [0, 0.05) is 12.1 Å². The summed E-state index contributed by atoms with van der Waals surface area (Å²) in [6.45, 7) is 4.06. The van der Waals surface area contributed by atoms with Crippen LogP contribution in [0.4, 0.5) is 0 Å². The Morgan fingerprint density at radius 1 is 1.30 bits per heavy atom. The van der Waals surface area contributed by atoms with Gasteiger partial charge in [-0.3, -0.25) is 13.9 Å². The number of fused-ring (bicyclic) bond motifs is 1. The predicted molar refractivity (Wildman–Crippen MR) is 111 cm³/mol. The summed E-state index contributed by atoms with van der Waals surface area (Å²) in [4.78, 5) is 20.7. The van der Waals surface area contributed by atoms with Crippen molar-refractivity contribution in [1.29, 1.82) is 0 Å². The van der Waals surface area contributed by atoms with Gasteiger partial charge < -0.3 is 9.84 Å². The summed E-state index contributed by atoms with van der Waals surface area (Å²) in [6.07, 6.45) is 3.24. The summed E-state index contributed by atoms with van der Waals surface area (Å²) in [7, 11) is 1.55. The number of ether oxygens (including phenoxy) is 1. The fourth-order valence-electron chi connectivity index (χ4n) is 3.90. The van der Waals surface area contributed by atoms with Crippen molar-refractivity contribution >= 4 is 28.7 Å². The molecule has 0 radical (unpaired) electrons. The fraction of sp³-hybridized carbons (Fsp3) is 0.300. The molecule has 0 bridgehead atoms. The Bertz CT molecular complexity index is 1240. The van der Waals surface area contributed by atoms with Crippen molar-refractivity contribution in [3.05, 3.63) is 64.0 Å². The highest BCUT2D eigenvalue weighted by Crippen LogP contribution is 2.42. The molecule has 1 aromatic carbocycles. The summed E-state index contributed by atoms with van der Waals surface area (Å²) < 4.78 is 8.37. The van der Waals surface area contributed by atoms with E-state index in [1.807, 2.05) is 12.1 Å². The summed E-state index contributed by atoms with van der Waals surface area (Å²) in [6, 6.07) is 7.85. The van der Waals surface area contributed by atoms with E-state index < -0.39 is 0 Å². The van der Waals surface area contributed by atoms with E-state index in [1.54, 1.807) is 12.1 Å². The molecule has 2 aromatic heterocycles. The van der Waals surface area contributed by atoms with E-state index >= 15 is 0 Å². The smallest absolute Gasteiger partial charge is 0.296 e. The lowest BCUT2D eigenvalue weighted by molar-refractivity contribution is 0.123. The van der Waals surface area contributed by atoms with Crippen LogP contribution in [-0.2, 0) is 18.3 Å². The number of hydrazone groups is 1. The van der Waals surface area contributed by atoms with Crippen LogP contribution in [0.15, 0.2) is 53.0 Å². The first-order valence-electron chi connectivity index (χ1n) is 9.50. The van der Waals surface area contributed by atoms with E-state index in [2.05, 4.69) is 33.8 Å². The number of nitrogens with zero attached hydrogens (tertiary/aromatic N) is 6. The van der Waals surface area contributed by atoms with Crippen molar-refractivity contribution in [2.45, 2.75) is 31.3 Å². The number of aryl methyl sites for hydroxylation is 1. The van der Waals surface area contributed by atoms with Gasteiger partial charge in [0.1, 0.15) is 12.9 Å². The zero-order valence-electron chi connectivity index (χ0n) is 16.2. The van der Waals surface area contributed by atoms with Gasteiger partial charge in [0.05, 0.1) is 6.04 Å². The molecule has 1 N–H and O–H groups in total. The Kier molecular flexibility index (Phi) is 4.28. The van der Waals surface area contributed by atoms with Gasteiger partial charge in [0.15, 0.2) is 11.2 Å². The maximum Gasteiger partial charge on any atom is 0.296 e. The second kappa shape index (κ2) is 6.88. The van der Waals surface area contributed by atoms with Gasteiger partial charge in [-0.05, 0) is 43.0 Å². The van der Waals surface area contributed by atoms with Gasteiger partial charge >= 0.3 is 0 Å². The van der Waals surface area contributed by atoms with Crippen LogP contribution in [0.3, 0.4) is 0 Å². The van der Waals surface area contributed by atoms with Crippen LogP contribution < -0.4 is 5.56 Å². The van der Waals surface area contributed by atoms with E-state index in [0.717, 1.165) is 17.9 Å². The van der Waals surface area contributed by atoms with Gasteiger partial charge in [-0.15, -0.1) is 5.10 Å². The first kappa shape index (κ1) is 18.7. The standard InChI is InChI=1S/C20H19ClN6O3/c1-11-27(15-7-13(8-15)12-3-5-14(21)6-4-12)24-16(30-11)9-26-10-22-18-17(19(26)28)25(2)20(29)23-18/h3-6,10,13,15H,1,7-9H2,2H3,(H,23,29). The van der Waals surface area contributed by atoms with Crippen molar-refractivity contribution < 1.29 is 9.84 Å². The molecule has 1 aliphatic carbocycles. The lowest BCUT2D eigenvalue weighted by Crippen LogP contribution is -2.39. The van der Waals surface area contributed by atoms with Gasteiger partial charge in [-0.2, -0.15) is 4.98 Å². The highest BCUT2D eigenvalue weighted by Gasteiger charge is 2.38. The molecule has 30 heavy (non-hydrogen) atoms. The van der Waals surface area contributed by atoms with Gasteiger partial charge in [-0.25, -0.2) is 9.99 Å². The van der Waals surface area contributed by atoms with Gasteiger partial charge in [-0.1, -0.05) is 23.7 Å². The van der Waals surface area contributed by atoms with Gasteiger partial charge in [0.25, 0.3) is 11.6 Å². The number of aromatic hydroxyl groups is 1. The van der Waals surface area contributed by atoms with Crippen molar-refractivity contribution in [3.8, 4) is 6.01 Å². The van der Waals surface area contributed by atoms with Crippen LogP contribution >= 0.6 is 11.6 Å². The van der Waals surface area contributed by atoms with Crippen molar-refractivity contribution in [1.82, 2.24) is 24.1 Å². The molecule has 0 saturated heterocycles. The normalized spacial score (nSPS) is 20.9. The molecule has 5 rings (SSSR count). The molecule has 3 heterocycles. The summed E-state index contributed by atoms with van der Waals surface area (Å²) in [5.74, 6) is 1.26. The predicted octanol–water partition coefficient (Wildman–Crippen LogP) is 2.55. The van der Waals surface area contributed by atoms with Crippen molar-refractivity contribution in [2.24, 2.45) is 12.1 Å². The molecule has 0 spiro atoms. The summed E-state index contributed by atoms with van der Waals surface area (Å²) in [5, 5.41) is 16.8. The molecular formula is C20H19ClN6O3. The van der Waals surface area contributed by atoms with E-state index in [9.17, 15) is 9.90 Å². The number of halogens is 1. The molecule has 1 saturated carbocycles. The van der Waals surface area contributed by atoms with E-state index in [-0.39, 0.29) is 35.3 Å². The van der Waals surface area contributed by atoms with Crippen LogP contribution in [0.25, 0.3) is 11.2 Å². The molecule has 0 unspecified atom stereocenters. The Hall–Kier alpha value is -3.33. The first-order chi connectivity index (χ1) is 14.4. The van der Waals surface area contributed by atoms with E-state index in [0.29, 0.717) is 17.7 Å². The van der Waals surface area contributed by atoms with Crippen LogP contribution in [0.2, 0.25) is 5.02 Å². The maximum absolute atomic E-state index is 12.7. The minimum Gasteiger partial charge on any atom is -0.480 e. The number of benzene rings is 1. The fourth-order valence-corrected chi connectivity index (χ4v) is 4.02. The quantitative estimate of drug-likeness (QED) is 0.688. The maximum atomic E-state index is 12.7. The van der Waals surface area contributed by atoms with Crippen LogP contribution in [0.1, 0.15) is 24.3 Å². The molecule has 10 heteroatoms. The summed E-state index contributed by atoms with van der Waals surface area (Å²) in [5.41, 5.74) is 1.33. The molecule has 3 aromatic rings. The molecule has 1 aliphatic heterocycles. The van der Waals surface area contributed by atoms with Gasteiger partial charge in [0.2, 0.25) is 11.8 Å².